The van der Waals surface area contributed by atoms with Crippen molar-refractivity contribution in [3.8, 4) is 0 Å². The molecule has 7 atom stereocenters. The van der Waals surface area contributed by atoms with Crippen molar-refractivity contribution in [1.82, 2.24) is 0 Å². The van der Waals surface area contributed by atoms with E-state index in [4.69, 9.17) is 0 Å². The van der Waals surface area contributed by atoms with Gasteiger partial charge >= 0.3 is 0 Å². The molecule has 4 rings (SSSR count). The molecule has 0 N–H and O–H groups in total. The maximum Gasteiger partial charge on any atom is 0.155 e. The normalized spacial score (nSPS) is 47.1. The molecule has 0 radical (unpaired) electrons. The predicted molar refractivity (Wildman–Crippen MR) is 99.2 cm³/mol. The van der Waals surface area contributed by atoms with Gasteiger partial charge in [-0.05, 0) is 85.6 Å². The Labute approximate surface area is 155 Å². The molecular weight excluding hydrogens is 326 g/mol. The highest BCUT2D eigenvalue weighted by atomic mass is 16.1. The van der Waals surface area contributed by atoms with E-state index in [-0.39, 0.29) is 28.6 Å². The molecule has 5 nitrogen and oxygen atoms in total. The number of azide groups is 1. The SMILES string of the molecule is CC(=O)[C@H]1CC[C@H]2[C@@H]3CCC4=CC(=O)CC[C@]4(C)[C@H]3C(N=[N+]=[N-])C[C@]12C. The van der Waals surface area contributed by atoms with Gasteiger partial charge in [0.2, 0.25) is 0 Å². The maximum atomic E-state index is 12.3. The lowest BCUT2D eigenvalue weighted by molar-refractivity contribution is -0.129. The van der Waals surface area contributed by atoms with E-state index in [2.05, 4.69) is 23.9 Å². The fourth-order valence-electron chi connectivity index (χ4n) is 7.53. The van der Waals surface area contributed by atoms with Crippen LogP contribution in [-0.4, -0.2) is 17.6 Å². The van der Waals surface area contributed by atoms with Crippen molar-refractivity contribution in [2.75, 3.05) is 0 Å². The number of carbonyl (C=O) groups excluding carboxylic acids is 2. The number of rotatable bonds is 2. The van der Waals surface area contributed by atoms with Crippen LogP contribution in [-0.2, 0) is 9.59 Å². The molecule has 1 unspecified atom stereocenters. The fourth-order valence-corrected chi connectivity index (χ4v) is 7.53. The third-order valence-electron chi connectivity index (χ3n) is 8.58. The van der Waals surface area contributed by atoms with Gasteiger partial charge in [-0.15, -0.1) is 0 Å². The van der Waals surface area contributed by atoms with Gasteiger partial charge in [0, 0.05) is 23.3 Å². The number of carbonyl (C=O) groups is 2. The summed E-state index contributed by atoms with van der Waals surface area (Å²) in [5.74, 6) is 1.96. The molecule has 0 aromatic rings. The van der Waals surface area contributed by atoms with E-state index in [0.717, 1.165) is 38.5 Å². The van der Waals surface area contributed by atoms with Gasteiger partial charge in [-0.2, -0.15) is 0 Å². The summed E-state index contributed by atoms with van der Waals surface area (Å²) >= 11 is 0. The largest absolute Gasteiger partial charge is 0.300 e. The van der Waals surface area contributed by atoms with E-state index in [9.17, 15) is 15.1 Å². The van der Waals surface area contributed by atoms with Crippen molar-refractivity contribution >= 4 is 11.6 Å². The van der Waals surface area contributed by atoms with Gasteiger partial charge in [-0.1, -0.05) is 24.5 Å². The van der Waals surface area contributed by atoms with Crippen molar-refractivity contribution in [3.05, 3.63) is 22.1 Å². The summed E-state index contributed by atoms with van der Waals surface area (Å²) in [7, 11) is 0. The average Bonchev–Trinajstić information content (AvgIpc) is 2.92. The fraction of sp³-hybridized carbons (Fsp3) is 0.810. The minimum Gasteiger partial charge on any atom is -0.300 e. The van der Waals surface area contributed by atoms with Crippen LogP contribution in [0.5, 0.6) is 0 Å². The minimum atomic E-state index is -0.0758. The lowest BCUT2D eigenvalue weighted by atomic mass is 9.45. The number of ketones is 2. The van der Waals surface area contributed by atoms with Crippen molar-refractivity contribution in [2.45, 2.75) is 71.8 Å². The molecule has 0 aromatic heterocycles. The van der Waals surface area contributed by atoms with E-state index in [1.54, 1.807) is 6.92 Å². The van der Waals surface area contributed by atoms with Crippen LogP contribution < -0.4 is 0 Å². The summed E-state index contributed by atoms with van der Waals surface area (Å²) in [6.07, 6.45) is 8.28. The zero-order chi connectivity index (χ0) is 18.7. The first kappa shape index (κ1) is 17.8. The molecule has 4 aliphatic carbocycles. The van der Waals surface area contributed by atoms with E-state index < -0.39 is 0 Å². The van der Waals surface area contributed by atoms with Crippen molar-refractivity contribution < 1.29 is 9.59 Å². The third-order valence-corrected chi connectivity index (χ3v) is 8.58. The number of hydrogen-bond donors (Lipinski definition) is 0. The molecule has 140 valence electrons. The number of allylic oxidation sites excluding steroid dienone is 1. The molecule has 0 heterocycles. The first-order valence-electron chi connectivity index (χ1n) is 10.1. The smallest absolute Gasteiger partial charge is 0.155 e. The second-order valence-electron chi connectivity index (χ2n) is 9.61. The summed E-state index contributed by atoms with van der Waals surface area (Å²) in [5, 5.41) is 4.28. The molecule has 4 aliphatic rings. The van der Waals surface area contributed by atoms with Gasteiger partial charge in [0.15, 0.2) is 5.78 Å². The summed E-state index contributed by atoms with van der Waals surface area (Å²) in [5.41, 5.74) is 10.4. The highest BCUT2D eigenvalue weighted by Crippen LogP contribution is 2.67. The first-order chi connectivity index (χ1) is 12.3. The second-order valence-corrected chi connectivity index (χ2v) is 9.61. The predicted octanol–water partition coefficient (Wildman–Crippen LogP) is 5.01. The van der Waals surface area contributed by atoms with Gasteiger partial charge in [-0.25, -0.2) is 0 Å². The Hall–Kier alpha value is -1.61. The zero-order valence-electron chi connectivity index (χ0n) is 16.1. The van der Waals surface area contributed by atoms with Crippen LogP contribution in [0.4, 0.5) is 0 Å². The third kappa shape index (κ3) is 2.32. The van der Waals surface area contributed by atoms with Gasteiger partial charge in [0.25, 0.3) is 0 Å². The number of Topliss-reactive ketones (excluding diaryl/α,β-unsaturated/α-hetero) is 1. The quantitative estimate of drug-likeness (QED) is 0.396. The van der Waals surface area contributed by atoms with Crippen LogP contribution in [0.2, 0.25) is 0 Å². The number of fused-ring (bicyclic) bond motifs is 5. The van der Waals surface area contributed by atoms with Crippen LogP contribution >= 0.6 is 0 Å². The van der Waals surface area contributed by atoms with Crippen LogP contribution in [0.15, 0.2) is 16.8 Å². The highest BCUT2D eigenvalue weighted by molar-refractivity contribution is 5.91. The lowest BCUT2D eigenvalue weighted by Crippen LogP contribution is -2.56. The van der Waals surface area contributed by atoms with Gasteiger partial charge in [-0.3, -0.25) is 9.59 Å². The average molecular weight is 355 g/mol. The maximum absolute atomic E-state index is 12.3. The molecule has 0 spiro atoms. The Bertz CT molecular complexity index is 738. The molecule has 0 bridgehead atoms. The summed E-state index contributed by atoms with van der Waals surface area (Å²) in [6, 6.07) is -0.0758. The second kappa shape index (κ2) is 5.95. The summed E-state index contributed by atoms with van der Waals surface area (Å²) in [4.78, 5) is 27.5. The Morgan fingerprint density at radius 3 is 2.73 bits per heavy atom. The van der Waals surface area contributed by atoms with Crippen molar-refractivity contribution in [3.63, 3.8) is 0 Å². The zero-order valence-corrected chi connectivity index (χ0v) is 16.1. The Morgan fingerprint density at radius 1 is 1.27 bits per heavy atom. The molecule has 0 aliphatic heterocycles. The van der Waals surface area contributed by atoms with Crippen LogP contribution in [0.25, 0.3) is 10.4 Å². The van der Waals surface area contributed by atoms with E-state index in [0.29, 0.717) is 30.0 Å². The standard InChI is InChI=1S/C21H29N3O2/c1-12(25)16-6-7-17-15-5-4-13-10-14(26)8-9-20(13,2)19(15)18(23-24-22)11-21(16,17)3/h10,15-19H,4-9,11H2,1-3H3/t15-,16+,17-,18?,19+,20-,21+/m0/s1. The van der Waals surface area contributed by atoms with Gasteiger partial charge in [0.05, 0.1) is 0 Å². The molecule has 3 fully saturated rings. The van der Waals surface area contributed by atoms with Crippen molar-refractivity contribution in [1.29, 1.82) is 0 Å². The van der Waals surface area contributed by atoms with Crippen molar-refractivity contribution in [2.24, 2.45) is 39.6 Å². The van der Waals surface area contributed by atoms with Crippen LogP contribution in [0, 0.1) is 34.5 Å². The molecular formula is C21H29N3O2. The molecule has 0 amide bonds. The molecule has 0 saturated heterocycles. The Kier molecular flexibility index (Phi) is 4.07. The van der Waals surface area contributed by atoms with Crippen LogP contribution in [0.1, 0.15) is 65.7 Å². The van der Waals surface area contributed by atoms with E-state index in [1.807, 2.05) is 6.08 Å². The summed E-state index contributed by atoms with van der Waals surface area (Å²) in [6.45, 7) is 6.29. The summed E-state index contributed by atoms with van der Waals surface area (Å²) < 4.78 is 0. The Balaban J connectivity index is 1.79. The molecule has 3 saturated carbocycles. The first-order valence-corrected chi connectivity index (χ1v) is 10.1. The molecule has 0 aromatic carbocycles. The highest BCUT2D eigenvalue weighted by Gasteiger charge is 2.62. The number of nitrogens with zero attached hydrogens (tertiary/aromatic N) is 3. The van der Waals surface area contributed by atoms with E-state index >= 15 is 0 Å². The minimum absolute atomic E-state index is 0.0364. The van der Waals surface area contributed by atoms with E-state index in [1.165, 1.54) is 5.57 Å². The number of hydrogen-bond acceptors (Lipinski definition) is 3. The van der Waals surface area contributed by atoms with Gasteiger partial charge in [0.1, 0.15) is 5.78 Å². The topological polar surface area (TPSA) is 82.9 Å². The lowest BCUT2D eigenvalue weighted by Gasteiger charge is -2.60. The molecule has 26 heavy (non-hydrogen) atoms. The Morgan fingerprint density at radius 2 is 2.04 bits per heavy atom. The van der Waals surface area contributed by atoms with Crippen LogP contribution in [0.3, 0.4) is 0 Å². The van der Waals surface area contributed by atoms with Gasteiger partial charge < -0.3 is 0 Å². The monoisotopic (exact) mass is 355 g/mol. The molecule has 5 heteroatoms.